The van der Waals surface area contributed by atoms with Crippen LogP contribution < -0.4 is 5.32 Å². The predicted molar refractivity (Wildman–Crippen MR) is 90.7 cm³/mol. The third kappa shape index (κ3) is 7.60. The molecule has 120 valence electrons. The summed E-state index contributed by atoms with van der Waals surface area (Å²) in [7, 11) is 1.76. The van der Waals surface area contributed by atoms with Gasteiger partial charge in [0.15, 0.2) is 0 Å². The Morgan fingerprint density at radius 1 is 1.05 bits per heavy atom. The van der Waals surface area contributed by atoms with Gasteiger partial charge < -0.3 is 10.1 Å². The van der Waals surface area contributed by atoms with Crippen LogP contribution in [-0.4, -0.2) is 43.8 Å². The normalized spacial score (nSPS) is 11.8. The Kier molecular flexibility index (Phi) is 8.58. The summed E-state index contributed by atoms with van der Waals surface area (Å²) in [5.74, 6) is 0. The lowest BCUT2D eigenvalue weighted by molar-refractivity contribution is 0.125. The lowest BCUT2D eigenvalue weighted by Crippen LogP contribution is -2.33. The fourth-order valence-corrected chi connectivity index (χ4v) is 2.28. The molecule has 3 nitrogen and oxygen atoms in total. The van der Waals surface area contributed by atoms with Gasteiger partial charge in [-0.05, 0) is 37.9 Å². The van der Waals surface area contributed by atoms with E-state index in [0.717, 1.165) is 32.7 Å². The largest absolute Gasteiger partial charge is 0.383 e. The van der Waals surface area contributed by atoms with Crippen LogP contribution in [0.2, 0.25) is 0 Å². The molecule has 0 saturated heterocycles. The molecule has 0 amide bonds. The first-order chi connectivity index (χ1) is 10.0. The highest BCUT2D eigenvalue weighted by Gasteiger charge is 2.09. The summed E-state index contributed by atoms with van der Waals surface area (Å²) < 4.78 is 5.19. The SMILES string of the molecule is COCCN(Cc1ccc(CCNC(C)C)cc1)C(C)C. The quantitative estimate of drug-likeness (QED) is 0.717. The van der Waals surface area contributed by atoms with E-state index in [1.165, 1.54) is 11.1 Å². The van der Waals surface area contributed by atoms with Gasteiger partial charge in [-0.1, -0.05) is 38.1 Å². The molecule has 0 heterocycles. The van der Waals surface area contributed by atoms with Gasteiger partial charge in [-0.3, -0.25) is 4.90 Å². The van der Waals surface area contributed by atoms with E-state index in [1.54, 1.807) is 7.11 Å². The van der Waals surface area contributed by atoms with Crippen LogP contribution in [-0.2, 0) is 17.7 Å². The predicted octanol–water partition coefficient (Wildman–Crippen LogP) is 3.08. The fraction of sp³-hybridized carbons (Fsp3) is 0.667. The molecule has 21 heavy (non-hydrogen) atoms. The zero-order valence-electron chi connectivity index (χ0n) is 14.4. The van der Waals surface area contributed by atoms with E-state index in [2.05, 4.69) is 62.2 Å². The van der Waals surface area contributed by atoms with E-state index in [9.17, 15) is 0 Å². The van der Waals surface area contributed by atoms with Crippen molar-refractivity contribution in [3.05, 3.63) is 35.4 Å². The van der Waals surface area contributed by atoms with Crippen LogP contribution in [0.4, 0.5) is 0 Å². The molecule has 1 aromatic carbocycles. The smallest absolute Gasteiger partial charge is 0.0589 e. The van der Waals surface area contributed by atoms with Crippen molar-refractivity contribution in [1.29, 1.82) is 0 Å². The summed E-state index contributed by atoms with van der Waals surface area (Å²) in [5, 5.41) is 3.46. The monoisotopic (exact) mass is 292 g/mol. The van der Waals surface area contributed by atoms with Crippen LogP contribution in [0.15, 0.2) is 24.3 Å². The molecule has 0 aliphatic carbocycles. The molecule has 1 aromatic rings. The van der Waals surface area contributed by atoms with E-state index in [4.69, 9.17) is 4.74 Å². The maximum absolute atomic E-state index is 5.19. The summed E-state index contributed by atoms with van der Waals surface area (Å²) in [4.78, 5) is 2.44. The Hall–Kier alpha value is -0.900. The maximum atomic E-state index is 5.19. The second-order valence-corrected chi connectivity index (χ2v) is 6.23. The van der Waals surface area contributed by atoms with Gasteiger partial charge in [-0.2, -0.15) is 0 Å². The highest BCUT2D eigenvalue weighted by Crippen LogP contribution is 2.10. The third-order valence-electron chi connectivity index (χ3n) is 3.69. The van der Waals surface area contributed by atoms with E-state index < -0.39 is 0 Å². The Bertz CT molecular complexity index is 373. The van der Waals surface area contributed by atoms with Crippen LogP contribution in [0.1, 0.15) is 38.8 Å². The molecule has 0 aliphatic rings. The summed E-state index contributed by atoms with van der Waals surface area (Å²) in [5.41, 5.74) is 2.78. The molecular formula is C18H32N2O. The van der Waals surface area contributed by atoms with Gasteiger partial charge in [0.25, 0.3) is 0 Å². The standard InChI is InChI=1S/C18H32N2O/c1-15(2)19-11-10-17-6-8-18(9-7-17)14-20(16(3)4)12-13-21-5/h6-9,15-16,19H,10-14H2,1-5H3. The summed E-state index contributed by atoms with van der Waals surface area (Å²) in [6.07, 6.45) is 1.09. The average molecular weight is 292 g/mol. The van der Waals surface area contributed by atoms with Crippen molar-refractivity contribution in [2.24, 2.45) is 0 Å². The lowest BCUT2D eigenvalue weighted by atomic mass is 10.1. The van der Waals surface area contributed by atoms with Crippen molar-refractivity contribution in [2.75, 3.05) is 26.8 Å². The van der Waals surface area contributed by atoms with Gasteiger partial charge in [0.1, 0.15) is 0 Å². The number of benzene rings is 1. The molecule has 0 aromatic heterocycles. The van der Waals surface area contributed by atoms with Crippen LogP contribution in [0.25, 0.3) is 0 Å². The van der Waals surface area contributed by atoms with Gasteiger partial charge in [0.05, 0.1) is 6.61 Å². The Labute approximate surface area is 130 Å². The van der Waals surface area contributed by atoms with Crippen LogP contribution in [0.3, 0.4) is 0 Å². The number of nitrogens with one attached hydrogen (secondary N) is 1. The van der Waals surface area contributed by atoms with Crippen LogP contribution in [0.5, 0.6) is 0 Å². The first kappa shape index (κ1) is 18.1. The van der Waals surface area contributed by atoms with Crippen LogP contribution >= 0.6 is 0 Å². The summed E-state index contributed by atoms with van der Waals surface area (Å²) in [6.45, 7) is 12.6. The van der Waals surface area contributed by atoms with Crippen molar-refractivity contribution >= 4 is 0 Å². The van der Waals surface area contributed by atoms with Gasteiger partial charge in [-0.15, -0.1) is 0 Å². The zero-order chi connectivity index (χ0) is 15.7. The number of methoxy groups -OCH3 is 1. The molecule has 0 radical (unpaired) electrons. The van der Waals surface area contributed by atoms with Crippen molar-refractivity contribution in [2.45, 2.75) is 52.7 Å². The van der Waals surface area contributed by atoms with E-state index in [0.29, 0.717) is 12.1 Å². The molecule has 0 atom stereocenters. The van der Waals surface area contributed by atoms with Gasteiger partial charge in [-0.25, -0.2) is 0 Å². The van der Waals surface area contributed by atoms with Gasteiger partial charge in [0, 0.05) is 32.3 Å². The number of rotatable bonds is 10. The van der Waals surface area contributed by atoms with Crippen LogP contribution in [0, 0.1) is 0 Å². The van der Waals surface area contributed by atoms with E-state index in [-0.39, 0.29) is 0 Å². The Balaban J connectivity index is 2.48. The van der Waals surface area contributed by atoms with Crippen molar-refractivity contribution in [3.8, 4) is 0 Å². The minimum absolute atomic E-state index is 0.537. The zero-order valence-corrected chi connectivity index (χ0v) is 14.4. The Morgan fingerprint density at radius 2 is 1.67 bits per heavy atom. The summed E-state index contributed by atoms with van der Waals surface area (Å²) >= 11 is 0. The second-order valence-electron chi connectivity index (χ2n) is 6.23. The fourth-order valence-electron chi connectivity index (χ4n) is 2.28. The van der Waals surface area contributed by atoms with Gasteiger partial charge in [0.2, 0.25) is 0 Å². The molecular weight excluding hydrogens is 260 g/mol. The molecule has 1 N–H and O–H groups in total. The lowest BCUT2D eigenvalue weighted by Gasteiger charge is -2.26. The van der Waals surface area contributed by atoms with Crippen molar-refractivity contribution < 1.29 is 4.74 Å². The number of ether oxygens (including phenoxy) is 1. The van der Waals surface area contributed by atoms with E-state index >= 15 is 0 Å². The second kappa shape index (κ2) is 9.93. The summed E-state index contributed by atoms with van der Waals surface area (Å²) in [6, 6.07) is 10.1. The molecule has 0 aliphatic heterocycles. The molecule has 0 unspecified atom stereocenters. The molecule has 0 fully saturated rings. The molecule has 3 heteroatoms. The topological polar surface area (TPSA) is 24.5 Å². The first-order valence-electron chi connectivity index (χ1n) is 8.07. The van der Waals surface area contributed by atoms with Gasteiger partial charge >= 0.3 is 0 Å². The first-order valence-corrected chi connectivity index (χ1v) is 8.07. The number of hydrogen-bond acceptors (Lipinski definition) is 3. The minimum Gasteiger partial charge on any atom is -0.383 e. The average Bonchev–Trinajstić information content (AvgIpc) is 2.44. The molecule has 0 spiro atoms. The minimum atomic E-state index is 0.537. The van der Waals surface area contributed by atoms with Crippen molar-refractivity contribution in [1.82, 2.24) is 10.2 Å². The molecule has 1 rings (SSSR count). The third-order valence-corrected chi connectivity index (χ3v) is 3.69. The maximum Gasteiger partial charge on any atom is 0.0589 e. The van der Waals surface area contributed by atoms with E-state index in [1.807, 2.05) is 0 Å². The molecule has 0 saturated carbocycles. The number of hydrogen-bond donors (Lipinski definition) is 1. The number of nitrogens with zero attached hydrogens (tertiary/aromatic N) is 1. The molecule has 0 bridgehead atoms. The Morgan fingerprint density at radius 3 is 2.19 bits per heavy atom. The highest BCUT2D eigenvalue weighted by atomic mass is 16.5. The highest BCUT2D eigenvalue weighted by molar-refractivity contribution is 5.22. The van der Waals surface area contributed by atoms with Crippen molar-refractivity contribution in [3.63, 3.8) is 0 Å².